The maximum atomic E-state index is 11.2. The van der Waals surface area contributed by atoms with E-state index in [1.807, 2.05) is 0 Å². The number of halogens is 2. The average molecular weight is 223 g/mol. The summed E-state index contributed by atoms with van der Waals surface area (Å²) in [6, 6.07) is 0. The van der Waals surface area contributed by atoms with Crippen LogP contribution in [0.2, 0.25) is 10.0 Å². The van der Waals surface area contributed by atoms with Crippen molar-refractivity contribution in [1.29, 1.82) is 0 Å². The summed E-state index contributed by atoms with van der Waals surface area (Å²) < 4.78 is 4.75. The smallest absolute Gasteiger partial charge is 0.437 e. The molecule has 0 amide bonds. The molecule has 0 aliphatic carbocycles. The zero-order valence-electron chi connectivity index (χ0n) is 6.45. The summed E-state index contributed by atoms with van der Waals surface area (Å²) in [5.41, 5.74) is -0.805. The van der Waals surface area contributed by atoms with Crippen LogP contribution in [0.25, 0.3) is 0 Å². The number of hydrogen-bond donors (Lipinski definition) is 0. The molecule has 0 aromatic carbocycles. The van der Waals surface area contributed by atoms with Gasteiger partial charge in [-0.2, -0.15) is 5.10 Å². The number of carbonyl (C=O) groups is 1. The highest BCUT2D eigenvalue weighted by Crippen LogP contribution is 2.14. The molecule has 70 valence electrons. The summed E-state index contributed by atoms with van der Waals surface area (Å²) in [6.45, 7) is 0. The van der Waals surface area contributed by atoms with Crippen LogP contribution in [-0.4, -0.2) is 23.0 Å². The molecule has 1 aromatic rings. The van der Waals surface area contributed by atoms with Gasteiger partial charge in [0.05, 0.1) is 18.3 Å². The molecule has 0 spiro atoms. The van der Waals surface area contributed by atoms with Crippen molar-refractivity contribution in [2.24, 2.45) is 0 Å². The van der Waals surface area contributed by atoms with E-state index in [1.54, 1.807) is 0 Å². The molecule has 0 fully saturated rings. The van der Waals surface area contributed by atoms with E-state index in [-0.39, 0.29) is 10.0 Å². The molecule has 0 aliphatic rings. The zero-order chi connectivity index (χ0) is 10.0. The van der Waals surface area contributed by atoms with Gasteiger partial charge in [0.2, 0.25) is 0 Å². The highest BCUT2D eigenvalue weighted by molar-refractivity contribution is 6.41. The topological polar surface area (TPSA) is 61.2 Å². The molecule has 0 bridgehead atoms. The van der Waals surface area contributed by atoms with E-state index in [9.17, 15) is 9.59 Å². The first-order valence-electron chi connectivity index (χ1n) is 3.09. The van der Waals surface area contributed by atoms with Crippen LogP contribution in [0.1, 0.15) is 0 Å². The van der Waals surface area contributed by atoms with Gasteiger partial charge in [-0.05, 0) is 0 Å². The fourth-order valence-corrected chi connectivity index (χ4v) is 0.883. The van der Waals surface area contributed by atoms with Crippen LogP contribution < -0.4 is 5.56 Å². The number of ether oxygens (including phenoxy) is 1. The third-order valence-electron chi connectivity index (χ3n) is 1.22. The van der Waals surface area contributed by atoms with Gasteiger partial charge in [-0.25, -0.2) is 4.79 Å². The molecule has 0 N–H and O–H groups in total. The second-order valence-electron chi connectivity index (χ2n) is 1.99. The quantitative estimate of drug-likeness (QED) is 0.662. The first kappa shape index (κ1) is 10.0. The molecular weight excluding hydrogens is 219 g/mol. The van der Waals surface area contributed by atoms with Crippen LogP contribution in [0, 0.1) is 0 Å². The highest BCUT2D eigenvalue weighted by Gasteiger charge is 2.12. The number of carbonyl (C=O) groups excluding carboxylic acids is 1. The molecule has 7 heteroatoms. The average Bonchev–Trinajstić information content (AvgIpc) is 2.13. The number of aromatic nitrogens is 2. The van der Waals surface area contributed by atoms with Crippen molar-refractivity contribution in [1.82, 2.24) is 9.78 Å². The lowest BCUT2D eigenvalue weighted by Gasteiger charge is -2.01. The van der Waals surface area contributed by atoms with E-state index in [4.69, 9.17) is 23.2 Å². The van der Waals surface area contributed by atoms with Gasteiger partial charge < -0.3 is 4.74 Å². The van der Waals surface area contributed by atoms with E-state index in [0.717, 1.165) is 13.3 Å². The summed E-state index contributed by atoms with van der Waals surface area (Å²) in [7, 11) is 1.12. The van der Waals surface area contributed by atoms with Crippen molar-refractivity contribution >= 4 is 29.3 Å². The Hall–Kier alpha value is -1.07. The van der Waals surface area contributed by atoms with E-state index in [2.05, 4.69) is 9.84 Å². The summed E-state index contributed by atoms with van der Waals surface area (Å²) in [5, 5.41) is 3.15. The molecule has 0 atom stereocenters. The van der Waals surface area contributed by atoms with Crippen LogP contribution in [0.15, 0.2) is 11.0 Å². The minimum absolute atomic E-state index is 0.00757. The minimum Gasteiger partial charge on any atom is -0.451 e. The second-order valence-corrected chi connectivity index (χ2v) is 2.78. The summed E-state index contributed by atoms with van der Waals surface area (Å²) >= 11 is 10.9. The van der Waals surface area contributed by atoms with Gasteiger partial charge in [0.15, 0.2) is 0 Å². The van der Waals surface area contributed by atoms with Crippen molar-refractivity contribution in [3.63, 3.8) is 0 Å². The number of rotatable bonds is 0. The highest BCUT2D eigenvalue weighted by atomic mass is 35.5. The Morgan fingerprint density at radius 1 is 1.62 bits per heavy atom. The van der Waals surface area contributed by atoms with Gasteiger partial charge >= 0.3 is 6.09 Å². The molecule has 0 unspecified atom stereocenters. The predicted molar refractivity (Wildman–Crippen MR) is 46.3 cm³/mol. The Morgan fingerprint density at radius 3 is 2.77 bits per heavy atom. The van der Waals surface area contributed by atoms with Gasteiger partial charge in [0, 0.05) is 0 Å². The molecule has 1 rings (SSSR count). The Bertz CT molecular complexity index is 401. The fraction of sp³-hybridized carbons (Fsp3) is 0.167. The van der Waals surface area contributed by atoms with Crippen molar-refractivity contribution in [2.45, 2.75) is 0 Å². The fourth-order valence-electron chi connectivity index (χ4n) is 0.629. The Labute approximate surface area is 82.8 Å². The third-order valence-corrected chi connectivity index (χ3v) is 1.97. The Balaban J connectivity index is 3.35. The standard InChI is InChI=1S/C6H4Cl2N2O3/c1-13-6(12)10-5(11)4(8)3(7)2-9-10/h2H,1H3. The molecule has 5 nitrogen and oxygen atoms in total. The normalized spacial score (nSPS) is 9.77. The lowest BCUT2D eigenvalue weighted by Crippen LogP contribution is -2.29. The SMILES string of the molecule is COC(=O)n1ncc(Cl)c(Cl)c1=O. The summed E-state index contributed by atoms with van der Waals surface area (Å²) in [6.07, 6.45) is 0.172. The van der Waals surface area contributed by atoms with Crippen LogP contribution in [0.4, 0.5) is 4.79 Å². The van der Waals surface area contributed by atoms with Crippen molar-refractivity contribution < 1.29 is 9.53 Å². The van der Waals surface area contributed by atoms with E-state index >= 15 is 0 Å². The largest absolute Gasteiger partial charge is 0.451 e. The van der Waals surface area contributed by atoms with Crippen LogP contribution in [0.5, 0.6) is 0 Å². The molecule has 1 heterocycles. The lowest BCUT2D eigenvalue weighted by molar-refractivity contribution is 0.167. The van der Waals surface area contributed by atoms with Crippen LogP contribution in [0.3, 0.4) is 0 Å². The number of methoxy groups -OCH3 is 1. The summed E-state index contributed by atoms with van der Waals surface area (Å²) in [4.78, 5) is 22.0. The molecule has 1 aromatic heterocycles. The molecular formula is C6H4Cl2N2O3. The van der Waals surface area contributed by atoms with E-state index in [0.29, 0.717) is 4.68 Å². The van der Waals surface area contributed by atoms with Crippen molar-refractivity contribution in [3.05, 3.63) is 26.6 Å². The van der Waals surface area contributed by atoms with E-state index < -0.39 is 11.7 Å². The van der Waals surface area contributed by atoms with Gasteiger partial charge in [-0.15, -0.1) is 4.68 Å². The maximum Gasteiger partial charge on any atom is 0.437 e. The first-order chi connectivity index (χ1) is 6.07. The molecule has 13 heavy (non-hydrogen) atoms. The Kier molecular flexibility index (Phi) is 2.90. The van der Waals surface area contributed by atoms with Crippen LogP contribution in [-0.2, 0) is 4.74 Å². The summed E-state index contributed by atoms with van der Waals surface area (Å²) in [5.74, 6) is 0. The third kappa shape index (κ3) is 1.81. The molecule has 0 radical (unpaired) electrons. The molecule has 0 aliphatic heterocycles. The first-order valence-corrected chi connectivity index (χ1v) is 3.85. The van der Waals surface area contributed by atoms with Gasteiger partial charge in [-0.3, -0.25) is 4.79 Å². The maximum absolute atomic E-state index is 11.2. The van der Waals surface area contributed by atoms with Gasteiger partial charge in [-0.1, -0.05) is 23.2 Å². The molecule has 0 saturated heterocycles. The van der Waals surface area contributed by atoms with Gasteiger partial charge in [0.25, 0.3) is 5.56 Å². The van der Waals surface area contributed by atoms with Crippen molar-refractivity contribution in [3.8, 4) is 0 Å². The van der Waals surface area contributed by atoms with E-state index in [1.165, 1.54) is 0 Å². The van der Waals surface area contributed by atoms with Crippen LogP contribution >= 0.6 is 23.2 Å². The Morgan fingerprint density at radius 2 is 2.23 bits per heavy atom. The second kappa shape index (κ2) is 3.76. The number of hydrogen-bond acceptors (Lipinski definition) is 4. The monoisotopic (exact) mass is 222 g/mol. The predicted octanol–water partition coefficient (Wildman–Crippen LogP) is 1.16. The van der Waals surface area contributed by atoms with Gasteiger partial charge in [0.1, 0.15) is 5.02 Å². The minimum atomic E-state index is -0.913. The lowest BCUT2D eigenvalue weighted by atomic mass is 10.5. The van der Waals surface area contributed by atoms with Crippen molar-refractivity contribution in [2.75, 3.05) is 7.11 Å². The molecule has 0 saturated carbocycles. The zero-order valence-corrected chi connectivity index (χ0v) is 7.96. The number of nitrogens with zero attached hydrogens (tertiary/aromatic N) is 2.